The molecule has 0 amide bonds. The molecular formula is C15H24N2O. The van der Waals surface area contributed by atoms with E-state index in [2.05, 4.69) is 16.8 Å². The van der Waals surface area contributed by atoms with E-state index < -0.39 is 0 Å². The number of likely N-dealkylation sites (N-methyl/N-ethyl adjacent to an activating group) is 1. The lowest BCUT2D eigenvalue weighted by Gasteiger charge is -2.21. The number of aliphatic hydroxyl groups excluding tert-OH is 1. The summed E-state index contributed by atoms with van der Waals surface area (Å²) in [6.45, 7) is 5.60. The SMILES string of the molecule is CN1CCCN(CCC(O)c2ccccc2)CC1. The van der Waals surface area contributed by atoms with Crippen molar-refractivity contribution in [1.29, 1.82) is 0 Å². The highest BCUT2D eigenvalue weighted by Crippen LogP contribution is 2.16. The molecule has 1 N–H and O–H groups in total. The fourth-order valence-electron chi connectivity index (χ4n) is 2.47. The summed E-state index contributed by atoms with van der Waals surface area (Å²) in [4.78, 5) is 4.85. The number of rotatable bonds is 4. The molecule has 0 aromatic heterocycles. The van der Waals surface area contributed by atoms with Gasteiger partial charge in [0.15, 0.2) is 0 Å². The summed E-state index contributed by atoms with van der Waals surface area (Å²) < 4.78 is 0. The molecule has 1 fully saturated rings. The van der Waals surface area contributed by atoms with Gasteiger partial charge >= 0.3 is 0 Å². The number of aliphatic hydroxyl groups is 1. The highest BCUT2D eigenvalue weighted by atomic mass is 16.3. The number of hydrogen-bond donors (Lipinski definition) is 1. The fourth-order valence-corrected chi connectivity index (χ4v) is 2.47. The molecule has 3 nitrogen and oxygen atoms in total. The zero-order chi connectivity index (χ0) is 12.8. The minimum atomic E-state index is -0.327. The zero-order valence-electron chi connectivity index (χ0n) is 11.3. The molecule has 1 aliphatic heterocycles. The van der Waals surface area contributed by atoms with Crippen molar-refractivity contribution in [2.75, 3.05) is 39.8 Å². The van der Waals surface area contributed by atoms with Crippen LogP contribution in [-0.4, -0.2) is 54.7 Å². The summed E-state index contributed by atoms with van der Waals surface area (Å²) in [5, 5.41) is 10.1. The molecule has 1 atom stereocenters. The Hall–Kier alpha value is -0.900. The van der Waals surface area contributed by atoms with Crippen molar-refractivity contribution in [1.82, 2.24) is 9.80 Å². The molecule has 100 valence electrons. The lowest BCUT2D eigenvalue weighted by molar-refractivity contribution is 0.143. The van der Waals surface area contributed by atoms with E-state index in [1.807, 2.05) is 30.3 Å². The van der Waals surface area contributed by atoms with Crippen LogP contribution in [0.5, 0.6) is 0 Å². The van der Waals surface area contributed by atoms with E-state index in [0.29, 0.717) is 0 Å². The Morgan fingerprint density at radius 2 is 1.89 bits per heavy atom. The molecule has 2 rings (SSSR count). The standard InChI is InChI=1S/C15H24N2O/c1-16-9-5-10-17(13-12-16)11-8-15(18)14-6-3-2-4-7-14/h2-4,6-7,15,18H,5,8-13H2,1H3. The topological polar surface area (TPSA) is 26.7 Å². The maximum absolute atomic E-state index is 10.1. The second-order valence-corrected chi connectivity index (χ2v) is 5.21. The number of hydrogen-bond acceptors (Lipinski definition) is 3. The van der Waals surface area contributed by atoms with Crippen LogP contribution in [0.15, 0.2) is 30.3 Å². The van der Waals surface area contributed by atoms with Crippen LogP contribution in [0.3, 0.4) is 0 Å². The lowest BCUT2D eigenvalue weighted by Crippen LogP contribution is -2.30. The molecule has 1 saturated heterocycles. The zero-order valence-corrected chi connectivity index (χ0v) is 11.3. The molecule has 0 bridgehead atoms. The van der Waals surface area contributed by atoms with E-state index in [1.54, 1.807) is 0 Å². The third-order valence-corrected chi connectivity index (χ3v) is 3.72. The minimum Gasteiger partial charge on any atom is -0.388 e. The first kappa shape index (κ1) is 13.5. The van der Waals surface area contributed by atoms with Crippen LogP contribution in [0.1, 0.15) is 24.5 Å². The summed E-state index contributed by atoms with van der Waals surface area (Å²) in [7, 11) is 2.18. The number of nitrogens with zero attached hydrogens (tertiary/aromatic N) is 2. The predicted octanol–water partition coefficient (Wildman–Crippen LogP) is 1.75. The monoisotopic (exact) mass is 248 g/mol. The van der Waals surface area contributed by atoms with Crippen LogP contribution in [0.4, 0.5) is 0 Å². The Morgan fingerprint density at radius 1 is 1.11 bits per heavy atom. The molecule has 1 aromatic rings. The summed E-state index contributed by atoms with van der Waals surface area (Å²) >= 11 is 0. The van der Waals surface area contributed by atoms with Gasteiger partial charge in [-0.1, -0.05) is 30.3 Å². The maximum atomic E-state index is 10.1. The van der Waals surface area contributed by atoms with Gasteiger partial charge in [0.1, 0.15) is 0 Å². The van der Waals surface area contributed by atoms with Crippen molar-refractivity contribution in [2.24, 2.45) is 0 Å². The van der Waals surface area contributed by atoms with Gasteiger partial charge < -0.3 is 14.9 Å². The molecular weight excluding hydrogens is 224 g/mol. The Morgan fingerprint density at radius 3 is 2.67 bits per heavy atom. The van der Waals surface area contributed by atoms with E-state index in [9.17, 15) is 5.11 Å². The summed E-state index contributed by atoms with van der Waals surface area (Å²) in [6, 6.07) is 9.96. The van der Waals surface area contributed by atoms with E-state index in [0.717, 1.165) is 38.2 Å². The van der Waals surface area contributed by atoms with E-state index in [4.69, 9.17) is 0 Å². The second kappa shape index (κ2) is 6.88. The first-order chi connectivity index (χ1) is 8.75. The van der Waals surface area contributed by atoms with Crippen molar-refractivity contribution >= 4 is 0 Å². The Labute approximate surface area is 110 Å². The van der Waals surface area contributed by atoms with E-state index >= 15 is 0 Å². The van der Waals surface area contributed by atoms with Crippen molar-refractivity contribution in [3.8, 4) is 0 Å². The van der Waals surface area contributed by atoms with Crippen LogP contribution in [-0.2, 0) is 0 Å². The van der Waals surface area contributed by atoms with Crippen LogP contribution >= 0.6 is 0 Å². The van der Waals surface area contributed by atoms with Crippen LogP contribution in [0, 0.1) is 0 Å². The smallest absolute Gasteiger partial charge is 0.0802 e. The van der Waals surface area contributed by atoms with Gasteiger partial charge in [0.05, 0.1) is 6.10 Å². The highest BCUT2D eigenvalue weighted by molar-refractivity contribution is 5.17. The van der Waals surface area contributed by atoms with Crippen molar-refractivity contribution in [3.63, 3.8) is 0 Å². The Balaban J connectivity index is 1.77. The van der Waals surface area contributed by atoms with Crippen LogP contribution < -0.4 is 0 Å². The van der Waals surface area contributed by atoms with Crippen molar-refractivity contribution < 1.29 is 5.11 Å². The van der Waals surface area contributed by atoms with Crippen LogP contribution in [0.25, 0.3) is 0 Å². The van der Waals surface area contributed by atoms with E-state index in [-0.39, 0.29) is 6.10 Å². The molecule has 0 spiro atoms. The predicted molar refractivity (Wildman–Crippen MR) is 74.6 cm³/mol. The maximum Gasteiger partial charge on any atom is 0.0802 e. The molecule has 0 radical (unpaired) electrons. The van der Waals surface area contributed by atoms with Crippen molar-refractivity contribution in [3.05, 3.63) is 35.9 Å². The first-order valence-electron chi connectivity index (χ1n) is 6.89. The van der Waals surface area contributed by atoms with Crippen molar-refractivity contribution in [2.45, 2.75) is 18.9 Å². The molecule has 0 aliphatic carbocycles. The molecule has 18 heavy (non-hydrogen) atoms. The first-order valence-corrected chi connectivity index (χ1v) is 6.89. The van der Waals surface area contributed by atoms with Crippen LogP contribution in [0.2, 0.25) is 0 Å². The largest absolute Gasteiger partial charge is 0.388 e. The third kappa shape index (κ3) is 4.09. The van der Waals surface area contributed by atoms with Gasteiger partial charge in [-0.15, -0.1) is 0 Å². The molecule has 1 aliphatic rings. The second-order valence-electron chi connectivity index (χ2n) is 5.21. The third-order valence-electron chi connectivity index (χ3n) is 3.72. The average molecular weight is 248 g/mol. The van der Waals surface area contributed by atoms with Gasteiger partial charge in [-0.2, -0.15) is 0 Å². The fraction of sp³-hybridized carbons (Fsp3) is 0.600. The Bertz CT molecular complexity index is 342. The minimum absolute atomic E-state index is 0.327. The van der Waals surface area contributed by atoms with E-state index in [1.165, 1.54) is 13.0 Å². The molecule has 0 saturated carbocycles. The molecule has 1 unspecified atom stereocenters. The Kier molecular flexibility index (Phi) is 5.17. The summed E-state index contributed by atoms with van der Waals surface area (Å²) in [5.41, 5.74) is 1.03. The molecule has 1 aromatic carbocycles. The number of benzene rings is 1. The quantitative estimate of drug-likeness (QED) is 0.879. The van der Waals surface area contributed by atoms with Gasteiger partial charge in [-0.25, -0.2) is 0 Å². The van der Waals surface area contributed by atoms with Gasteiger partial charge in [0.2, 0.25) is 0 Å². The highest BCUT2D eigenvalue weighted by Gasteiger charge is 2.14. The molecule has 3 heteroatoms. The average Bonchev–Trinajstić information content (AvgIpc) is 2.62. The summed E-state index contributed by atoms with van der Waals surface area (Å²) in [6.07, 6.45) is 1.73. The normalized spacial score (nSPS) is 20.6. The summed E-state index contributed by atoms with van der Waals surface area (Å²) in [5.74, 6) is 0. The molecule has 1 heterocycles. The van der Waals surface area contributed by atoms with Gasteiger partial charge in [-0.3, -0.25) is 0 Å². The van der Waals surface area contributed by atoms with Gasteiger partial charge in [0, 0.05) is 19.6 Å². The lowest BCUT2D eigenvalue weighted by atomic mass is 10.1. The van der Waals surface area contributed by atoms with Gasteiger partial charge in [-0.05, 0) is 38.5 Å². The van der Waals surface area contributed by atoms with Gasteiger partial charge in [0.25, 0.3) is 0 Å².